The van der Waals surface area contributed by atoms with Crippen LogP contribution in [-0.4, -0.2) is 15.9 Å². The van der Waals surface area contributed by atoms with Crippen LogP contribution in [0.4, 0.5) is 0 Å². The molecule has 62 valence electrons. The molecule has 2 aromatic heterocycles. The number of fused-ring (bicyclic) bond motifs is 1. The summed E-state index contributed by atoms with van der Waals surface area (Å²) in [5.41, 5.74) is 2.60. The molecule has 2 rings (SSSR count). The van der Waals surface area contributed by atoms with Crippen LogP contribution in [0.1, 0.15) is 21.7 Å². The summed E-state index contributed by atoms with van der Waals surface area (Å²) in [5, 5.41) is 6.23. The molecule has 3 nitrogen and oxygen atoms in total. The second-order valence-corrected chi connectivity index (χ2v) is 3.57. The number of thiazole rings is 1. The number of nitrogens with zero attached hydrogens (tertiary/aromatic N) is 2. The highest BCUT2D eigenvalue weighted by Crippen LogP contribution is 2.20. The van der Waals surface area contributed by atoms with Crippen LogP contribution in [0.25, 0.3) is 4.83 Å². The molecule has 2 heterocycles. The second-order valence-electron chi connectivity index (χ2n) is 2.71. The molecule has 0 bridgehead atoms. The van der Waals surface area contributed by atoms with Crippen LogP contribution >= 0.6 is 11.3 Å². The molecule has 0 aliphatic carbocycles. The first-order chi connectivity index (χ1) is 5.74. The van der Waals surface area contributed by atoms with E-state index >= 15 is 0 Å². The number of aromatic nitrogens is 2. The van der Waals surface area contributed by atoms with Gasteiger partial charge in [0.1, 0.15) is 4.83 Å². The number of aldehydes is 1. The summed E-state index contributed by atoms with van der Waals surface area (Å²) in [6.45, 7) is 3.83. The molecule has 0 aromatic carbocycles. The van der Waals surface area contributed by atoms with Gasteiger partial charge in [-0.25, -0.2) is 4.52 Å². The molecule has 0 radical (unpaired) electrons. The van der Waals surface area contributed by atoms with Crippen molar-refractivity contribution >= 4 is 22.5 Å². The monoisotopic (exact) mass is 180 g/mol. The van der Waals surface area contributed by atoms with Crippen LogP contribution in [-0.2, 0) is 0 Å². The Kier molecular flexibility index (Phi) is 1.51. The molecular weight excluding hydrogens is 172 g/mol. The zero-order chi connectivity index (χ0) is 8.72. The maximum absolute atomic E-state index is 10.7. The predicted molar refractivity (Wildman–Crippen MR) is 47.9 cm³/mol. The fraction of sp³-hybridized carbons (Fsp3) is 0.250. The third kappa shape index (κ3) is 0.814. The average molecular weight is 180 g/mol. The molecule has 4 heteroatoms. The molecule has 0 N–H and O–H groups in total. The number of aryl methyl sites for hydroxylation is 2. The van der Waals surface area contributed by atoms with Crippen LogP contribution in [0, 0.1) is 13.8 Å². The van der Waals surface area contributed by atoms with E-state index in [0.29, 0.717) is 5.56 Å². The van der Waals surface area contributed by atoms with Crippen LogP contribution in [0.2, 0.25) is 0 Å². The lowest BCUT2D eigenvalue weighted by Crippen LogP contribution is -1.85. The SMILES string of the molecule is Cc1nn2c(C)csc2c1C=O. The molecule has 12 heavy (non-hydrogen) atoms. The van der Waals surface area contributed by atoms with Crippen molar-refractivity contribution in [3.63, 3.8) is 0 Å². The number of carbonyl (C=O) groups excluding carboxylic acids is 1. The van der Waals surface area contributed by atoms with E-state index in [1.807, 2.05) is 23.7 Å². The Morgan fingerprint density at radius 1 is 1.58 bits per heavy atom. The van der Waals surface area contributed by atoms with Gasteiger partial charge in [0.2, 0.25) is 0 Å². The van der Waals surface area contributed by atoms with Gasteiger partial charge < -0.3 is 0 Å². The van der Waals surface area contributed by atoms with Crippen molar-refractivity contribution in [1.29, 1.82) is 0 Å². The van der Waals surface area contributed by atoms with Crippen molar-refractivity contribution in [2.45, 2.75) is 13.8 Å². The molecular formula is C8H8N2OS. The van der Waals surface area contributed by atoms with Gasteiger partial charge in [-0.15, -0.1) is 11.3 Å². The molecule has 0 saturated carbocycles. The molecule has 2 aromatic rings. The van der Waals surface area contributed by atoms with Gasteiger partial charge in [-0.2, -0.15) is 5.10 Å². The molecule has 0 fully saturated rings. The first-order valence-electron chi connectivity index (χ1n) is 3.62. The Balaban J connectivity index is 2.90. The lowest BCUT2D eigenvalue weighted by atomic mass is 10.3. The molecule has 0 amide bonds. The van der Waals surface area contributed by atoms with Crippen molar-refractivity contribution in [1.82, 2.24) is 9.61 Å². The van der Waals surface area contributed by atoms with E-state index in [9.17, 15) is 4.79 Å². The topological polar surface area (TPSA) is 34.4 Å². The minimum absolute atomic E-state index is 0.716. The third-order valence-corrected chi connectivity index (χ3v) is 2.93. The third-order valence-electron chi connectivity index (χ3n) is 1.86. The van der Waals surface area contributed by atoms with Crippen molar-refractivity contribution in [2.24, 2.45) is 0 Å². The smallest absolute Gasteiger partial charge is 0.154 e. The van der Waals surface area contributed by atoms with Crippen LogP contribution in [0.5, 0.6) is 0 Å². The summed E-state index contributed by atoms with van der Waals surface area (Å²) >= 11 is 1.56. The molecule has 0 aliphatic rings. The summed E-state index contributed by atoms with van der Waals surface area (Å²) in [7, 11) is 0. The maximum atomic E-state index is 10.7. The maximum Gasteiger partial charge on any atom is 0.154 e. The van der Waals surface area contributed by atoms with Crippen molar-refractivity contribution in [3.05, 3.63) is 22.3 Å². The first-order valence-corrected chi connectivity index (χ1v) is 4.50. The minimum atomic E-state index is 0.716. The normalized spacial score (nSPS) is 10.8. The Hall–Kier alpha value is -1.16. The van der Waals surface area contributed by atoms with Crippen LogP contribution < -0.4 is 0 Å². The Bertz CT molecular complexity index is 441. The van der Waals surface area contributed by atoms with E-state index in [2.05, 4.69) is 5.10 Å². The minimum Gasteiger partial charge on any atom is -0.298 e. The highest BCUT2D eigenvalue weighted by atomic mass is 32.1. The Morgan fingerprint density at radius 2 is 2.33 bits per heavy atom. The van der Waals surface area contributed by atoms with Gasteiger partial charge in [0.15, 0.2) is 6.29 Å². The van der Waals surface area contributed by atoms with Crippen LogP contribution in [0.3, 0.4) is 0 Å². The van der Waals surface area contributed by atoms with Gasteiger partial charge >= 0.3 is 0 Å². The van der Waals surface area contributed by atoms with E-state index in [0.717, 1.165) is 22.5 Å². The summed E-state index contributed by atoms with van der Waals surface area (Å²) < 4.78 is 1.81. The van der Waals surface area contributed by atoms with Crippen LogP contribution in [0.15, 0.2) is 5.38 Å². The number of hydrogen-bond acceptors (Lipinski definition) is 3. The van der Waals surface area contributed by atoms with Gasteiger partial charge in [0.25, 0.3) is 0 Å². The van der Waals surface area contributed by atoms with Gasteiger partial charge in [-0.3, -0.25) is 4.79 Å². The van der Waals surface area contributed by atoms with Gasteiger partial charge in [0.05, 0.1) is 17.0 Å². The number of rotatable bonds is 1. The molecule has 0 spiro atoms. The van der Waals surface area contributed by atoms with Gasteiger partial charge in [-0.05, 0) is 13.8 Å². The lowest BCUT2D eigenvalue weighted by Gasteiger charge is -1.83. The fourth-order valence-electron chi connectivity index (χ4n) is 1.20. The highest BCUT2D eigenvalue weighted by molar-refractivity contribution is 7.16. The summed E-state index contributed by atoms with van der Waals surface area (Å²) in [5.74, 6) is 0. The van der Waals surface area contributed by atoms with Gasteiger partial charge in [-0.1, -0.05) is 0 Å². The fourth-order valence-corrected chi connectivity index (χ4v) is 2.19. The summed E-state index contributed by atoms with van der Waals surface area (Å²) in [6, 6.07) is 0. The Labute approximate surface area is 73.6 Å². The second kappa shape index (κ2) is 2.42. The van der Waals surface area contributed by atoms with E-state index in [4.69, 9.17) is 0 Å². The van der Waals surface area contributed by atoms with E-state index in [-0.39, 0.29) is 0 Å². The molecule has 0 atom stereocenters. The van der Waals surface area contributed by atoms with E-state index in [1.54, 1.807) is 11.3 Å². The molecule has 0 saturated heterocycles. The Morgan fingerprint density at radius 3 is 3.00 bits per heavy atom. The quantitative estimate of drug-likeness (QED) is 0.627. The standard InChI is InChI=1S/C8H8N2OS/c1-5-4-12-8-7(3-11)6(2)9-10(5)8/h3-4H,1-2H3. The number of carbonyl (C=O) groups is 1. The zero-order valence-corrected chi connectivity index (χ0v) is 7.68. The van der Waals surface area contributed by atoms with E-state index in [1.165, 1.54) is 0 Å². The largest absolute Gasteiger partial charge is 0.298 e. The van der Waals surface area contributed by atoms with Crippen molar-refractivity contribution in [2.75, 3.05) is 0 Å². The van der Waals surface area contributed by atoms with Crippen molar-refractivity contribution in [3.8, 4) is 0 Å². The highest BCUT2D eigenvalue weighted by Gasteiger charge is 2.10. The predicted octanol–water partition coefficient (Wildman–Crippen LogP) is 1.83. The summed E-state index contributed by atoms with van der Waals surface area (Å²) in [6.07, 6.45) is 0.869. The first kappa shape index (κ1) is 7.49. The van der Waals surface area contributed by atoms with E-state index < -0.39 is 0 Å². The number of hydrogen-bond donors (Lipinski definition) is 0. The molecule has 0 aliphatic heterocycles. The molecule has 0 unspecified atom stereocenters. The zero-order valence-electron chi connectivity index (χ0n) is 6.87. The van der Waals surface area contributed by atoms with Crippen molar-refractivity contribution < 1.29 is 4.79 Å². The van der Waals surface area contributed by atoms with Gasteiger partial charge in [0, 0.05) is 5.38 Å². The summed E-state index contributed by atoms with van der Waals surface area (Å²) in [4.78, 5) is 11.6. The average Bonchev–Trinajstić information content (AvgIpc) is 2.52. The lowest BCUT2D eigenvalue weighted by molar-refractivity contribution is 0.112.